The van der Waals surface area contributed by atoms with Crippen LogP contribution in [-0.4, -0.2) is 38.8 Å². The minimum Gasteiger partial charge on any atom is -0.496 e. The summed E-state index contributed by atoms with van der Waals surface area (Å²) in [7, 11) is -2.15. The Morgan fingerprint density at radius 2 is 1.67 bits per heavy atom. The van der Waals surface area contributed by atoms with Crippen LogP contribution in [0.3, 0.4) is 0 Å². The van der Waals surface area contributed by atoms with Crippen molar-refractivity contribution in [2.24, 2.45) is 0 Å². The van der Waals surface area contributed by atoms with Crippen molar-refractivity contribution in [3.8, 4) is 5.75 Å². The molecule has 2 aromatic rings. The lowest BCUT2D eigenvalue weighted by atomic mass is 9.96. The average molecular weight is 431 g/mol. The van der Waals surface area contributed by atoms with Gasteiger partial charge in [0.25, 0.3) is 5.91 Å². The van der Waals surface area contributed by atoms with Gasteiger partial charge in [-0.3, -0.25) is 4.79 Å². The number of ether oxygens (including phenoxy) is 1. The van der Waals surface area contributed by atoms with Crippen molar-refractivity contribution in [1.29, 1.82) is 0 Å². The van der Waals surface area contributed by atoms with Crippen LogP contribution in [-0.2, 0) is 10.0 Å². The summed E-state index contributed by atoms with van der Waals surface area (Å²) in [5.41, 5.74) is 4.71. The molecule has 1 amide bonds. The van der Waals surface area contributed by atoms with Gasteiger partial charge >= 0.3 is 0 Å². The van der Waals surface area contributed by atoms with Gasteiger partial charge in [-0.05, 0) is 81.0 Å². The third-order valence-corrected chi connectivity index (χ3v) is 7.71. The predicted molar refractivity (Wildman–Crippen MR) is 118 cm³/mol. The summed E-state index contributed by atoms with van der Waals surface area (Å²) in [6, 6.07) is 8.42. The van der Waals surface area contributed by atoms with Gasteiger partial charge < -0.3 is 10.1 Å². The summed E-state index contributed by atoms with van der Waals surface area (Å²) in [4.78, 5) is 13.2. The Balaban J connectivity index is 1.90. The first kappa shape index (κ1) is 22.3. The van der Waals surface area contributed by atoms with Crippen molar-refractivity contribution in [1.82, 2.24) is 9.62 Å². The van der Waals surface area contributed by atoms with Gasteiger partial charge in [-0.15, -0.1) is 0 Å². The molecule has 1 heterocycles. The summed E-state index contributed by atoms with van der Waals surface area (Å²) in [5, 5.41) is 3.00. The molecule has 7 heteroatoms. The Morgan fingerprint density at radius 1 is 1.03 bits per heavy atom. The molecule has 6 nitrogen and oxygen atoms in total. The Kier molecular flexibility index (Phi) is 6.53. The molecule has 1 N–H and O–H groups in total. The molecule has 162 valence electrons. The topological polar surface area (TPSA) is 75.7 Å². The molecule has 0 aromatic heterocycles. The number of nitrogens with zero attached hydrogens (tertiary/aromatic N) is 1. The minimum absolute atomic E-state index is 0.116. The highest BCUT2D eigenvalue weighted by atomic mass is 32.2. The molecule has 1 saturated heterocycles. The number of aryl methyl sites for hydroxylation is 3. The third-order valence-electron chi connectivity index (χ3n) is 5.81. The van der Waals surface area contributed by atoms with E-state index in [1.165, 1.54) is 29.1 Å². The van der Waals surface area contributed by atoms with E-state index >= 15 is 0 Å². The minimum atomic E-state index is -3.62. The van der Waals surface area contributed by atoms with Gasteiger partial charge in [0, 0.05) is 13.1 Å². The van der Waals surface area contributed by atoms with E-state index in [-0.39, 0.29) is 22.4 Å². The van der Waals surface area contributed by atoms with E-state index in [1.54, 1.807) is 6.07 Å². The SMILES string of the molecule is COc1ccc(S(=O)(=O)N2CCCC2)cc1C(=O)NC(C)c1cc(C)c(C)cc1C. The van der Waals surface area contributed by atoms with E-state index in [1.807, 2.05) is 20.8 Å². The number of hydrogen-bond donors (Lipinski definition) is 1. The first-order valence-corrected chi connectivity index (χ1v) is 11.7. The molecule has 0 bridgehead atoms. The van der Waals surface area contributed by atoms with Crippen LogP contribution in [0, 0.1) is 20.8 Å². The number of rotatable bonds is 6. The second kappa shape index (κ2) is 8.78. The first-order valence-electron chi connectivity index (χ1n) is 10.2. The standard InChI is InChI=1S/C23H30N2O4S/c1-15-12-17(3)20(13-16(15)2)18(4)24-23(26)21-14-19(8-9-22(21)29-5)30(27,28)25-10-6-7-11-25/h8-9,12-14,18H,6-7,10-11H2,1-5H3,(H,24,26). The maximum atomic E-state index is 13.1. The van der Waals surface area contributed by atoms with Crippen LogP contribution in [0.2, 0.25) is 0 Å². The van der Waals surface area contributed by atoms with Crippen molar-refractivity contribution in [2.45, 2.75) is 51.5 Å². The van der Waals surface area contributed by atoms with Crippen molar-refractivity contribution >= 4 is 15.9 Å². The van der Waals surface area contributed by atoms with E-state index in [2.05, 4.69) is 24.4 Å². The van der Waals surface area contributed by atoms with Crippen LogP contribution in [0.15, 0.2) is 35.2 Å². The normalized spacial score (nSPS) is 15.8. The number of methoxy groups -OCH3 is 1. The Bertz CT molecular complexity index is 1060. The fourth-order valence-corrected chi connectivity index (χ4v) is 5.45. The van der Waals surface area contributed by atoms with E-state index < -0.39 is 10.0 Å². The van der Waals surface area contributed by atoms with Gasteiger partial charge in [-0.25, -0.2) is 8.42 Å². The molecule has 0 radical (unpaired) electrons. The average Bonchev–Trinajstić information content (AvgIpc) is 3.25. The van der Waals surface area contributed by atoms with E-state index in [9.17, 15) is 13.2 Å². The molecule has 3 rings (SSSR count). The quantitative estimate of drug-likeness (QED) is 0.754. The second-order valence-electron chi connectivity index (χ2n) is 7.96. The van der Waals surface area contributed by atoms with Gasteiger partial charge in [-0.2, -0.15) is 4.31 Å². The van der Waals surface area contributed by atoms with Gasteiger partial charge in [-0.1, -0.05) is 12.1 Å². The van der Waals surface area contributed by atoms with Crippen LogP contribution >= 0.6 is 0 Å². The lowest BCUT2D eigenvalue weighted by Crippen LogP contribution is -2.30. The number of hydrogen-bond acceptors (Lipinski definition) is 4. The summed E-state index contributed by atoms with van der Waals surface area (Å²) in [6.07, 6.45) is 1.71. The second-order valence-corrected chi connectivity index (χ2v) is 9.90. The van der Waals surface area contributed by atoms with Crippen molar-refractivity contribution in [3.63, 3.8) is 0 Å². The van der Waals surface area contributed by atoms with Crippen molar-refractivity contribution in [2.75, 3.05) is 20.2 Å². The number of sulfonamides is 1. The van der Waals surface area contributed by atoms with E-state index in [0.717, 1.165) is 29.5 Å². The largest absolute Gasteiger partial charge is 0.496 e. The Labute approximate surface area is 179 Å². The van der Waals surface area contributed by atoms with Crippen LogP contribution in [0.25, 0.3) is 0 Å². The molecular formula is C23H30N2O4S. The molecule has 1 aliphatic heterocycles. The third kappa shape index (κ3) is 4.37. The number of carbonyl (C=O) groups is 1. The molecule has 1 aliphatic rings. The first-order chi connectivity index (χ1) is 14.1. The highest BCUT2D eigenvalue weighted by Gasteiger charge is 2.29. The zero-order valence-corrected chi connectivity index (χ0v) is 19.1. The zero-order chi connectivity index (χ0) is 22.1. The van der Waals surface area contributed by atoms with Gasteiger partial charge in [0.05, 0.1) is 23.6 Å². The van der Waals surface area contributed by atoms with Crippen LogP contribution in [0.1, 0.15) is 58.4 Å². The number of nitrogens with one attached hydrogen (secondary N) is 1. The zero-order valence-electron chi connectivity index (χ0n) is 18.3. The molecule has 1 atom stereocenters. The lowest BCUT2D eigenvalue weighted by Gasteiger charge is -2.20. The van der Waals surface area contributed by atoms with Crippen LogP contribution < -0.4 is 10.1 Å². The molecule has 1 unspecified atom stereocenters. The monoisotopic (exact) mass is 430 g/mol. The predicted octanol–water partition coefficient (Wildman–Crippen LogP) is 3.90. The van der Waals surface area contributed by atoms with Crippen molar-refractivity contribution < 1.29 is 17.9 Å². The van der Waals surface area contributed by atoms with Crippen molar-refractivity contribution in [3.05, 3.63) is 58.1 Å². The molecule has 0 saturated carbocycles. The molecule has 0 aliphatic carbocycles. The fourth-order valence-electron chi connectivity index (χ4n) is 3.90. The van der Waals surface area contributed by atoms with Gasteiger partial charge in [0.15, 0.2) is 0 Å². The molecule has 1 fully saturated rings. The molecular weight excluding hydrogens is 400 g/mol. The molecule has 0 spiro atoms. The summed E-state index contributed by atoms with van der Waals surface area (Å²) >= 11 is 0. The molecule has 30 heavy (non-hydrogen) atoms. The smallest absolute Gasteiger partial charge is 0.255 e. The highest BCUT2D eigenvalue weighted by molar-refractivity contribution is 7.89. The summed E-state index contributed by atoms with van der Waals surface area (Å²) < 4.78 is 32.6. The lowest BCUT2D eigenvalue weighted by molar-refractivity contribution is 0.0936. The Morgan fingerprint density at radius 3 is 2.30 bits per heavy atom. The van der Waals surface area contributed by atoms with Crippen LogP contribution in [0.5, 0.6) is 5.75 Å². The number of benzene rings is 2. The Hall–Kier alpha value is -2.38. The summed E-state index contributed by atoms with van der Waals surface area (Å²) in [5.74, 6) is -0.0210. The van der Waals surface area contributed by atoms with E-state index in [4.69, 9.17) is 4.74 Å². The molecule has 2 aromatic carbocycles. The maximum absolute atomic E-state index is 13.1. The van der Waals surface area contributed by atoms with Gasteiger partial charge in [0.1, 0.15) is 5.75 Å². The number of carbonyl (C=O) groups excluding carboxylic acids is 1. The summed E-state index contributed by atoms with van der Waals surface area (Å²) in [6.45, 7) is 9.08. The maximum Gasteiger partial charge on any atom is 0.255 e. The van der Waals surface area contributed by atoms with Crippen LogP contribution in [0.4, 0.5) is 0 Å². The highest BCUT2D eigenvalue weighted by Crippen LogP contribution is 2.28. The number of amides is 1. The van der Waals surface area contributed by atoms with E-state index in [0.29, 0.717) is 18.8 Å². The van der Waals surface area contributed by atoms with Gasteiger partial charge in [0.2, 0.25) is 10.0 Å². The fraction of sp³-hybridized carbons (Fsp3) is 0.435.